The second kappa shape index (κ2) is 10.5. The van der Waals surface area contributed by atoms with Crippen LogP contribution in [0, 0.1) is 0 Å². The second-order valence-electron chi connectivity index (χ2n) is 10.4. The van der Waals surface area contributed by atoms with E-state index in [-0.39, 0.29) is 0 Å². The lowest BCUT2D eigenvalue weighted by atomic mass is 9.90. The average molecular weight is 556 g/mol. The van der Waals surface area contributed by atoms with Gasteiger partial charge in [0.25, 0.3) is 0 Å². The van der Waals surface area contributed by atoms with Crippen molar-refractivity contribution in [2.45, 2.75) is 12.8 Å². The minimum absolute atomic E-state index is 0.645. The molecule has 0 saturated heterocycles. The Morgan fingerprint density at radius 3 is 1.81 bits per heavy atom. The Hall–Kier alpha value is -5.82. The minimum Gasteiger partial charge on any atom is -0.308 e. The zero-order valence-corrected chi connectivity index (χ0v) is 23.2. The first-order valence-electron chi connectivity index (χ1n) is 14.2. The van der Waals surface area contributed by atoms with Crippen molar-refractivity contribution in [3.63, 3.8) is 0 Å². The van der Waals surface area contributed by atoms with E-state index in [1.807, 2.05) is 6.07 Å². The number of hydrogen-bond acceptors (Lipinski definition) is 6. The number of benzene rings is 4. The lowest BCUT2D eigenvalue weighted by Crippen LogP contribution is -2.03. The van der Waals surface area contributed by atoms with Gasteiger partial charge in [0.1, 0.15) is 25.3 Å². The van der Waals surface area contributed by atoms with Crippen LogP contribution in [-0.4, -0.2) is 34.5 Å². The molecule has 0 aliphatic heterocycles. The lowest BCUT2D eigenvalue weighted by molar-refractivity contribution is 1.00. The van der Waals surface area contributed by atoms with Crippen LogP contribution in [0.4, 0.5) is 0 Å². The number of hydrogen-bond donors (Lipinski definition) is 0. The number of nitrogens with zero attached hydrogens (tertiary/aromatic N) is 7. The van der Waals surface area contributed by atoms with Crippen molar-refractivity contribution in [3.05, 3.63) is 140 Å². The van der Waals surface area contributed by atoms with Crippen LogP contribution in [0.1, 0.15) is 24.2 Å². The molecule has 1 aliphatic rings. The number of rotatable bonds is 5. The van der Waals surface area contributed by atoms with Gasteiger partial charge in [0.05, 0.1) is 11.0 Å². The first-order valence-corrected chi connectivity index (χ1v) is 14.2. The van der Waals surface area contributed by atoms with Crippen LogP contribution in [0.5, 0.6) is 0 Å². The summed E-state index contributed by atoms with van der Waals surface area (Å²) in [6.07, 6.45) is 12.4. The summed E-state index contributed by atoms with van der Waals surface area (Å²) in [7, 11) is 0. The predicted molar refractivity (Wildman–Crippen MR) is 170 cm³/mol. The molecule has 204 valence electrons. The highest BCUT2D eigenvalue weighted by Crippen LogP contribution is 2.44. The van der Waals surface area contributed by atoms with Gasteiger partial charge < -0.3 is 4.57 Å². The molecule has 3 heterocycles. The molecule has 0 atom stereocenters. The molecule has 7 aromatic rings. The van der Waals surface area contributed by atoms with E-state index >= 15 is 0 Å². The Morgan fingerprint density at radius 1 is 0.512 bits per heavy atom. The molecule has 0 spiro atoms. The quantitative estimate of drug-likeness (QED) is 0.216. The van der Waals surface area contributed by atoms with E-state index in [9.17, 15) is 0 Å². The predicted octanol–water partition coefficient (Wildman–Crippen LogP) is 7.75. The van der Waals surface area contributed by atoms with Crippen molar-refractivity contribution in [1.29, 1.82) is 0 Å². The fraction of sp³-hybridized carbons (Fsp3) is 0.0556. The van der Waals surface area contributed by atoms with Gasteiger partial charge in [-0.15, -0.1) is 0 Å². The highest BCUT2D eigenvalue weighted by Gasteiger charge is 2.23. The largest absolute Gasteiger partial charge is 0.308 e. The van der Waals surface area contributed by atoms with E-state index in [1.165, 1.54) is 21.9 Å². The fourth-order valence-corrected chi connectivity index (χ4v) is 6.23. The topological polar surface area (TPSA) is 82.3 Å². The third kappa shape index (κ3) is 4.21. The monoisotopic (exact) mass is 555 g/mol. The van der Waals surface area contributed by atoms with Gasteiger partial charge in [-0.1, -0.05) is 91.0 Å². The zero-order chi connectivity index (χ0) is 28.6. The Morgan fingerprint density at radius 2 is 1.09 bits per heavy atom. The Balaban J connectivity index is 1.50. The first kappa shape index (κ1) is 24.9. The van der Waals surface area contributed by atoms with Crippen LogP contribution in [-0.2, 0) is 0 Å². The summed E-state index contributed by atoms with van der Waals surface area (Å²) < 4.78 is 2.41. The van der Waals surface area contributed by atoms with Crippen molar-refractivity contribution in [2.75, 3.05) is 0 Å². The van der Waals surface area contributed by atoms with E-state index in [0.29, 0.717) is 11.6 Å². The highest BCUT2D eigenvalue weighted by atomic mass is 15.0. The second-order valence-corrected chi connectivity index (χ2v) is 10.4. The molecule has 0 N–H and O–H groups in total. The third-order valence-corrected chi connectivity index (χ3v) is 8.01. The molecule has 7 heteroatoms. The van der Waals surface area contributed by atoms with Crippen LogP contribution < -0.4 is 0 Å². The van der Waals surface area contributed by atoms with E-state index in [1.54, 1.807) is 25.3 Å². The highest BCUT2D eigenvalue weighted by molar-refractivity contribution is 6.17. The Bertz CT molecular complexity index is 2170. The minimum atomic E-state index is 0.645. The molecule has 3 aromatic heterocycles. The summed E-state index contributed by atoms with van der Waals surface area (Å²) in [5.74, 6) is 1.33. The van der Waals surface area contributed by atoms with Gasteiger partial charge in [0, 0.05) is 38.7 Å². The molecule has 43 heavy (non-hydrogen) atoms. The standard InChI is InChI=1S/C36H25N7/c1-2-10-24(11-3-1)43-33-27(25-12-4-6-14-31(25)35-39-20-37-21-40-35)16-8-18-29(33)30-19-9-17-28(34(30)43)26-13-5-7-15-32(26)36-41-22-38-23-42-36/h1-4,6-12,14-23H,5,13H2. The molecule has 8 rings (SSSR count). The number of fused-ring (bicyclic) bond motifs is 3. The van der Waals surface area contributed by atoms with Crippen LogP contribution in [0.2, 0.25) is 0 Å². The van der Waals surface area contributed by atoms with Gasteiger partial charge in [-0.2, -0.15) is 0 Å². The Labute approximate surface area is 248 Å². The summed E-state index contributed by atoms with van der Waals surface area (Å²) in [4.78, 5) is 26.1. The number of aromatic nitrogens is 7. The maximum Gasteiger partial charge on any atom is 0.163 e. The van der Waals surface area contributed by atoms with Gasteiger partial charge in [-0.25, -0.2) is 29.9 Å². The first-order chi connectivity index (χ1) is 21.4. The molecule has 0 unspecified atom stereocenters. The van der Waals surface area contributed by atoms with Gasteiger partial charge >= 0.3 is 0 Å². The summed E-state index contributed by atoms with van der Waals surface area (Å²) in [6.45, 7) is 0. The Kier molecular flexibility index (Phi) is 6.11. The SMILES string of the molecule is C1=CC(c2ncncn2)=C(c2cccc3c4cccc(-c5ccccc5-c5ncncn5)c4n(-c4ccccc4)c23)CC1. The third-order valence-electron chi connectivity index (χ3n) is 8.01. The molecule has 7 nitrogen and oxygen atoms in total. The summed E-state index contributed by atoms with van der Waals surface area (Å²) in [5, 5.41) is 2.37. The molecule has 0 fully saturated rings. The van der Waals surface area contributed by atoms with E-state index in [0.717, 1.165) is 51.8 Å². The van der Waals surface area contributed by atoms with E-state index in [2.05, 4.69) is 132 Å². The fourth-order valence-electron chi connectivity index (χ4n) is 6.23. The van der Waals surface area contributed by atoms with E-state index < -0.39 is 0 Å². The van der Waals surface area contributed by atoms with Crippen molar-refractivity contribution >= 4 is 33.0 Å². The number of para-hydroxylation sites is 3. The van der Waals surface area contributed by atoms with Gasteiger partial charge in [0.2, 0.25) is 0 Å². The zero-order valence-electron chi connectivity index (χ0n) is 23.2. The lowest BCUT2D eigenvalue weighted by Gasteiger charge is -2.19. The molecule has 0 saturated carbocycles. The van der Waals surface area contributed by atoms with Gasteiger partial charge in [0.15, 0.2) is 11.6 Å². The van der Waals surface area contributed by atoms with Crippen molar-refractivity contribution in [3.8, 4) is 28.2 Å². The number of allylic oxidation sites excluding steroid dienone is 4. The van der Waals surface area contributed by atoms with E-state index in [4.69, 9.17) is 0 Å². The smallest absolute Gasteiger partial charge is 0.163 e. The van der Waals surface area contributed by atoms with Crippen molar-refractivity contribution in [2.24, 2.45) is 0 Å². The normalized spacial score (nSPS) is 13.2. The summed E-state index contributed by atoms with van der Waals surface area (Å²) in [5.41, 5.74) is 9.94. The van der Waals surface area contributed by atoms with Crippen LogP contribution in [0.15, 0.2) is 128 Å². The van der Waals surface area contributed by atoms with Crippen LogP contribution >= 0.6 is 0 Å². The molecule has 0 amide bonds. The van der Waals surface area contributed by atoms with Gasteiger partial charge in [-0.3, -0.25) is 0 Å². The average Bonchev–Trinajstić information content (AvgIpc) is 3.44. The molecule has 0 bridgehead atoms. The van der Waals surface area contributed by atoms with Crippen molar-refractivity contribution in [1.82, 2.24) is 34.5 Å². The molecule has 4 aromatic carbocycles. The van der Waals surface area contributed by atoms with Crippen molar-refractivity contribution < 1.29 is 0 Å². The molecule has 0 radical (unpaired) electrons. The van der Waals surface area contributed by atoms with Crippen LogP contribution in [0.3, 0.4) is 0 Å². The summed E-state index contributed by atoms with van der Waals surface area (Å²) in [6, 6.07) is 32.1. The van der Waals surface area contributed by atoms with Crippen LogP contribution in [0.25, 0.3) is 61.2 Å². The molecular weight excluding hydrogens is 530 g/mol. The summed E-state index contributed by atoms with van der Waals surface area (Å²) >= 11 is 0. The maximum atomic E-state index is 4.52. The molecular formula is C36H25N7. The van der Waals surface area contributed by atoms with Gasteiger partial charge in [-0.05, 0) is 36.1 Å². The maximum absolute atomic E-state index is 4.52. The molecule has 1 aliphatic carbocycles.